The molecule has 0 fully saturated rings. The molecule has 2 aromatic rings. The summed E-state index contributed by atoms with van der Waals surface area (Å²) < 4.78 is 44.6. The smallest absolute Gasteiger partial charge is 0.435 e. The Balaban J connectivity index is 2.07. The van der Waals surface area contributed by atoms with Gasteiger partial charge in [0.1, 0.15) is 5.75 Å². The highest BCUT2D eigenvalue weighted by Gasteiger charge is 2.36. The van der Waals surface area contributed by atoms with Crippen molar-refractivity contribution in [1.82, 2.24) is 9.78 Å². The second kappa shape index (κ2) is 6.59. The number of rotatable bonds is 4. The predicted molar refractivity (Wildman–Crippen MR) is 80.2 cm³/mol. The van der Waals surface area contributed by atoms with E-state index in [1.807, 2.05) is 0 Å². The zero-order valence-corrected chi connectivity index (χ0v) is 12.6. The first-order chi connectivity index (χ1) is 10.8. The lowest BCUT2D eigenvalue weighted by atomic mass is 10.2. The van der Waals surface area contributed by atoms with Gasteiger partial charge in [-0.3, -0.25) is 4.68 Å². The summed E-state index contributed by atoms with van der Waals surface area (Å²) in [6.45, 7) is -0.225. The largest absolute Gasteiger partial charge is 0.497 e. The summed E-state index contributed by atoms with van der Waals surface area (Å²) in [4.78, 5) is 3.92. The summed E-state index contributed by atoms with van der Waals surface area (Å²) in [5.74, 6) is 0.684. The van der Waals surface area contributed by atoms with Crippen molar-refractivity contribution < 1.29 is 17.9 Å². The summed E-state index contributed by atoms with van der Waals surface area (Å²) in [6.07, 6.45) is -3.25. The van der Waals surface area contributed by atoms with Gasteiger partial charge >= 0.3 is 6.18 Å². The lowest BCUT2D eigenvalue weighted by Gasteiger charge is -2.07. The van der Waals surface area contributed by atoms with Crippen molar-refractivity contribution in [1.29, 1.82) is 0 Å². The maximum Gasteiger partial charge on any atom is 0.435 e. The fraction of sp³-hybridized carbons (Fsp3) is 0.286. The van der Waals surface area contributed by atoms with Gasteiger partial charge in [-0.25, -0.2) is 4.99 Å². The monoisotopic (exact) mass is 327 g/mol. The number of benzene rings is 1. The predicted octanol–water partition coefficient (Wildman–Crippen LogP) is 2.37. The van der Waals surface area contributed by atoms with Gasteiger partial charge in [0.25, 0.3) is 0 Å². The third-order valence-corrected chi connectivity index (χ3v) is 2.96. The van der Waals surface area contributed by atoms with Crippen LogP contribution in [0.25, 0.3) is 0 Å². The van der Waals surface area contributed by atoms with E-state index in [9.17, 15) is 13.2 Å². The van der Waals surface area contributed by atoms with E-state index in [-0.39, 0.29) is 18.1 Å². The van der Waals surface area contributed by atoms with E-state index in [1.54, 1.807) is 31.4 Å². The number of hydrogen-bond acceptors (Lipinski definition) is 3. The van der Waals surface area contributed by atoms with Crippen molar-refractivity contribution in [3.8, 4) is 5.75 Å². The zero-order valence-electron chi connectivity index (χ0n) is 12.6. The zero-order chi connectivity index (χ0) is 17.0. The van der Waals surface area contributed by atoms with Crippen molar-refractivity contribution in [3.05, 3.63) is 41.7 Å². The van der Waals surface area contributed by atoms with Crippen molar-refractivity contribution in [3.63, 3.8) is 0 Å². The molecule has 2 rings (SSSR count). The minimum Gasteiger partial charge on any atom is -0.497 e. The summed E-state index contributed by atoms with van der Waals surface area (Å²) in [5.41, 5.74) is 5.34. The number of nitrogens with zero attached hydrogens (tertiary/aromatic N) is 3. The molecule has 1 heterocycles. The van der Waals surface area contributed by atoms with Crippen LogP contribution in [0.2, 0.25) is 0 Å². The minimum absolute atomic E-state index is 0.00662. The molecule has 0 aliphatic heterocycles. The first-order valence-electron chi connectivity index (χ1n) is 6.60. The highest BCUT2D eigenvalue weighted by Crippen LogP contribution is 2.30. The second-order valence-corrected chi connectivity index (χ2v) is 4.73. The van der Waals surface area contributed by atoms with Crippen LogP contribution in [-0.2, 0) is 19.8 Å². The molecule has 0 aliphatic rings. The summed E-state index contributed by atoms with van der Waals surface area (Å²) in [5, 5.41) is 6.20. The summed E-state index contributed by atoms with van der Waals surface area (Å²) >= 11 is 0. The molecular weight excluding hydrogens is 311 g/mol. The van der Waals surface area contributed by atoms with Gasteiger partial charge in [0, 0.05) is 24.5 Å². The van der Waals surface area contributed by atoms with Crippen molar-refractivity contribution in [2.45, 2.75) is 12.7 Å². The number of anilines is 1. The van der Waals surface area contributed by atoms with Crippen LogP contribution < -0.4 is 15.8 Å². The SMILES string of the molecule is COc1ccc(NC(N)=NCc2cn(C)nc2C(F)(F)F)cc1. The molecule has 0 unspecified atom stereocenters. The second-order valence-electron chi connectivity index (χ2n) is 4.73. The molecule has 9 heteroatoms. The van der Waals surface area contributed by atoms with Gasteiger partial charge < -0.3 is 15.8 Å². The number of guanidine groups is 1. The normalized spacial score (nSPS) is 12.3. The lowest BCUT2D eigenvalue weighted by Crippen LogP contribution is -2.22. The van der Waals surface area contributed by atoms with Crippen LogP contribution in [0.4, 0.5) is 18.9 Å². The topological polar surface area (TPSA) is 77.5 Å². The van der Waals surface area contributed by atoms with Gasteiger partial charge in [-0.05, 0) is 24.3 Å². The average molecular weight is 327 g/mol. The third kappa shape index (κ3) is 4.38. The Hall–Kier alpha value is -2.71. The molecule has 3 N–H and O–H groups in total. The van der Waals surface area contributed by atoms with E-state index < -0.39 is 11.9 Å². The maximum atomic E-state index is 12.8. The van der Waals surface area contributed by atoms with Crippen LogP contribution in [0, 0.1) is 0 Å². The van der Waals surface area contributed by atoms with Gasteiger partial charge in [-0.2, -0.15) is 18.3 Å². The molecule has 1 aromatic heterocycles. The standard InChI is InChI=1S/C14H16F3N5O/c1-22-8-9(12(21-22)14(15,16)17)7-19-13(18)20-10-3-5-11(23-2)6-4-10/h3-6,8H,7H2,1-2H3,(H3,18,19,20). The minimum atomic E-state index is -4.52. The quantitative estimate of drug-likeness (QED) is 0.668. The number of aromatic nitrogens is 2. The van der Waals surface area contributed by atoms with E-state index in [2.05, 4.69) is 15.4 Å². The molecule has 0 spiro atoms. The van der Waals surface area contributed by atoms with Crippen LogP contribution >= 0.6 is 0 Å². The number of halogens is 3. The number of ether oxygens (including phenoxy) is 1. The first-order valence-corrected chi connectivity index (χ1v) is 6.60. The van der Waals surface area contributed by atoms with E-state index in [0.29, 0.717) is 11.4 Å². The highest BCUT2D eigenvalue weighted by molar-refractivity contribution is 5.92. The number of methoxy groups -OCH3 is 1. The number of aryl methyl sites for hydroxylation is 1. The molecule has 0 amide bonds. The highest BCUT2D eigenvalue weighted by atomic mass is 19.4. The van der Waals surface area contributed by atoms with Crippen LogP contribution in [-0.4, -0.2) is 22.8 Å². The van der Waals surface area contributed by atoms with Crippen LogP contribution in [0.1, 0.15) is 11.3 Å². The number of nitrogens with one attached hydrogen (secondary N) is 1. The lowest BCUT2D eigenvalue weighted by molar-refractivity contribution is -0.142. The summed E-state index contributed by atoms with van der Waals surface area (Å²) in [7, 11) is 2.96. The van der Waals surface area contributed by atoms with Crippen LogP contribution in [0.5, 0.6) is 5.75 Å². The molecule has 0 saturated heterocycles. The molecule has 0 atom stereocenters. The molecule has 0 radical (unpaired) electrons. The third-order valence-electron chi connectivity index (χ3n) is 2.96. The van der Waals surface area contributed by atoms with Crippen LogP contribution in [0.3, 0.4) is 0 Å². The van der Waals surface area contributed by atoms with E-state index in [4.69, 9.17) is 10.5 Å². The number of alkyl halides is 3. The Bertz CT molecular complexity index is 691. The van der Waals surface area contributed by atoms with Crippen LogP contribution in [0.15, 0.2) is 35.5 Å². The molecular formula is C14H16F3N5O. The molecule has 0 bridgehead atoms. The maximum absolute atomic E-state index is 12.8. The van der Waals surface area contributed by atoms with Gasteiger partial charge in [-0.1, -0.05) is 0 Å². The summed E-state index contributed by atoms with van der Waals surface area (Å²) in [6, 6.07) is 6.87. The van der Waals surface area contributed by atoms with Crippen molar-refractivity contribution >= 4 is 11.6 Å². The fourth-order valence-electron chi connectivity index (χ4n) is 1.92. The number of aliphatic imine (C=N–C) groups is 1. The molecule has 0 saturated carbocycles. The van der Waals surface area contributed by atoms with Crippen molar-refractivity contribution in [2.75, 3.05) is 12.4 Å². The molecule has 6 nitrogen and oxygen atoms in total. The Morgan fingerprint density at radius 1 is 1.35 bits per heavy atom. The van der Waals surface area contributed by atoms with Gasteiger partial charge in [0.15, 0.2) is 11.7 Å². The van der Waals surface area contributed by atoms with Gasteiger partial charge in [0.2, 0.25) is 0 Å². The van der Waals surface area contributed by atoms with E-state index in [1.165, 1.54) is 13.2 Å². The molecule has 124 valence electrons. The Morgan fingerprint density at radius 3 is 2.57 bits per heavy atom. The number of hydrogen-bond donors (Lipinski definition) is 2. The van der Waals surface area contributed by atoms with E-state index in [0.717, 1.165) is 4.68 Å². The van der Waals surface area contributed by atoms with E-state index >= 15 is 0 Å². The average Bonchev–Trinajstić information content (AvgIpc) is 2.87. The number of nitrogens with two attached hydrogens (primary N) is 1. The first kappa shape index (κ1) is 16.7. The Kier molecular flexibility index (Phi) is 4.77. The Morgan fingerprint density at radius 2 is 2.00 bits per heavy atom. The molecule has 23 heavy (non-hydrogen) atoms. The van der Waals surface area contributed by atoms with Gasteiger partial charge in [-0.15, -0.1) is 0 Å². The van der Waals surface area contributed by atoms with Gasteiger partial charge in [0.05, 0.1) is 13.7 Å². The Labute approximate surface area is 130 Å². The molecule has 0 aliphatic carbocycles. The molecule has 1 aromatic carbocycles. The fourth-order valence-corrected chi connectivity index (χ4v) is 1.92. The van der Waals surface area contributed by atoms with Crippen molar-refractivity contribution in [2.24, 2.45) is 17.8 Å².